The number of hydroxylamine groups is 2. The van der Waals surface area contributed by atoms with Gasteiger partial charge in [-0.05, 0) is 64.2 Å². The van der Waals surface area contributed by atoms with E-state index in [1.807, 2.05) is 6.92 Å². The average molecular weight is 1070 g/mol. The molecule has 4 aliphatic heterocycles. The van der Waals surface area contributed by atoms with E-state index in [1.54, 1.807) is 13.0 Å². The molecule has 0 bridgehead atoms. The number of nitrogens with one attached hydrogen (secondary N) is 6. The molecule has 7 rings (SSSR count). The quantitative estimate of drug-likeness (QED) is 0.0386. The molecular weight excluding hydrogens is 1020 g/mol. The number of anilines is 1. The first-order chi connectivity index (χ1) is 36.4. The summed E-state index contributed by atoms with van der Waals surface area (Å²) in [6.45, 7) is 6.23. The highest BCUT2D eigenvalue weighted by Gasteiger charge is 2.46. The topological polar surface area (TPSA) is 357 Å². The van der Waals surface area contributed by atoms with Crippen molar-refractivity contribution >= 4 is 87.6 Å². The monoisotopic (exact) mass is 1070 g/mol. The van der Waals surface area contributed by atoms with E-state index in [0.717, 1.165) is 23.1 Å². The van der Waals surface area contributed by atoms with Gasteiger partial charge in [-0.25, -0.2) is 19.0 Å². The fraction of sp³-hybridized carbons (Fsp3) is 0.440. The largest absolute Gasteiger partial charge is 0.458 e. The van der Waals surface area contributed by atoms with E-state index in [4.69, 9.17) is 9.57 Å². The van der Waals surface area contributed by atoms with Gasteiger partial charge < -0.3 is 51.1 Å². The Morgan fingerprint density at radius 2 is 1.43 bits per heavy atom. The van der Waals surface area contributed by atoms with Gasteiger partial charge >= 0.3 is 11.9 Å². The molecule has 1 aromatic carbocycles. The molecular formula is C50H55FN10O16. The Morgan fingerprint density at radius 3 is 2.05 bits per heavy atom. The van der Waals surface area contributed by atoms with Crippen molar-refractivity contribution in [1.29, 1.82) is 0 Å². The summed E-state index contributed by atoms with van der Waals surface area (Å²) in [5, 5.41) is 26.3. The second-order valence-corrected chi connectivity index (χ2v) is 18.6. The number of pyridine rings is 2. The van der Waals surface area contributed by atoms with Crippen LogP contribution in [0.2, 0.25) is 0 Å². The Kier molecular flexibility index (Phi) is 16.7. The van der Waals surface area contributed by atoms with Gasteiger partial charge in [0.05, 0.1) is 47.7 Å². The van der Waals surface area contributed by atoms with Crippen molar-refractivity contribution in [1.82, 2.24) is 46.1 Å². The van der Waals surface area contributed by atoms with Crippen LogP contribution in [-0.2, 0) is 92.3 Å². The zero-order chi connectivity index (χ0) is 56.2. The first kappa shape index (κ1) is 56.0. The highest BCUT2D eigenvalue weighted by molar-refractivity contribution is 6.13. The Morgan fingerprint density at radius 1 is 0.805 bits per heavy atom. The number of nitrogens with zero attached hydrogens (tertiary/aromatic N) is 4. The minimum absolute atomic E-state index is 0.00650. The second-order valence-electron chi connectivity index (χ2n) is 18.6. The van der Waals surface area contributed by atoms with Crippen molar-refractivity contribution in [2.75, 3.05) is 18.4 Å². The van der Waals surface area contributed by atoms with Crippen molar-refractivity contribution in [3.63, 3.8) is 0 Å². The first-order valence-corrected chi connectivity index (χ1v) is 24.7. The molecule has 1 fully saturated rings. The Balaban J connectivity index is 0.905. The molecule has 3 aromatic rings. The Bertz CT molecular complexity index is 3120. The number of hydrogen-bond donors (Lipinski definition) is 7. The third kappa shape index (κ3) is 11.9. The molecule has 0 aliphatic carbocycles. The zero-order valence-electron chi connectivity index (χ0n) is 42.4. The molecule has 6 heterocycles. The van der Waals surface area contributed by atoms with Gasteiger partial charge in [0, 0.05) is 60.5 Å². The lowest BCUT2D eigenvalue weighted by atomic mass is 9.86. The Labute approximate surface area is 436 Å². The highest BCUT2D eigenvalue weighted by Crippen LogP contribution is 2.41. The van der Waals surface area contributed by atoms with Crippen LogP contribution in [0.5, 0.6) is 0 Å². The highest BCUT2D eigenvalue weighted by atomic mass is 19.1. The van der Waals surface area contributed by atoms with Gasteiger partial charge in [-0.2, -0.15) is 0 Å². The molecule has 27 heteroatoms. The van der Waals surface area contributed by atoms with E-state index in [-0.39, 0.29) is 74.1 Å². The maximum atomic E-state index is 15.7. The normalized spacial score (nSPS) is 17.9. The Hall–Kier alpha value is -8.75. The van der Waals surface area contributed by atoms with E-state index in [9.17, 15) is 67.4 Å². The van der Waals surface area contributed by atoms with Gasteiger partial charge in [0.25, 0.3) is 29.2 Å². The lowest BCUT2D eigenvalue weighted by molar-refractivity contribution is -0.197. The van der Waals surface area contributed by atoms with E-state index in [2.05, 4.69) is 36.9 Å². The SMILES string of the molecule is CCc1c2c(nc3cc(F)c(NC(=O)CNC(=O)[C@H](C)NC(=O)[C@H](C)NC(=O)[C@H](C)NC(=O)[C@H](CCC(=O)ON4C(=O)CCC4=O)NC(=O)CCCN4C(=O)C=CC4=O)cc13)-c1cc3c(c(=O)n1C2)COC(=O)[C@]3(O)CC. The molecule has 0 radical (unpaired) electrons. The maximum Gasteiger partial charge on any atom is 0.343 e. The zero-order valence-corrected chi connectivity index (χ0v) is 42.4. The van der Waals surface area contributed by atoms with Crippen LogP contribution in [0.1, 0.15) is 102 Å². The average Bonchev–Trinajstić information content (AvgIpc) is 4.14. The molecule has 77 heavy (non-hydrogen) atoms. The second kappa shape index (κ2) is 23.0. The number of aryl methyl sites for hydroxylation is 1. The number of carbonyl (C=O) groups excluding carboxylic acids is 12. The molecule has 4 aliphatic rings. The summed E-state index contributed by atoms with van der Waals surface area (Å²) in [7, 11) is 0. The van der Waals surface area contributed by atoms with Gasteiger partial charge in [-0.3, -0.25) is 57.6 Å². The van der Waals surface area contributed by atoms with Gasteiger partial charge in [0.2, 0.25) is 35.4 Å². The van der Waals surface area contributed by atoms with Crippen LogP contribution in [0.15, 0.2) is 35.1 Å². The number of ether oxygens (including phenoxy) is 1. The van der Waals surface area contributed by atoms with Crippen LogP contribution in [0.25, 0.3) is 22.3 Å². The number of cyclic esters (lactones) is 1. The van der Waals surface area contributed by atoms with Crippen LogP contribution >= 0.6 is 0 Å². The predicted molar refractivity (Wildman–Crippen MR) is 262 cm³/mol. The predicted octanol–water partition coefficient (Wildman–Crippen LogP) is -1.07. The number of hydrogen-bond acceptors (Lipinski definition) is 17. The third-order valence-electron chi connectivity index (χ3n) is 13.4. The number of benzene rings is 1. The molecule has 0 spiro atoms. The van der Waals surface area contributed by atoms with Crippen LogP contribution in [0.3, 0.4) is 0 Å². The van der Waals surface area contributed by atoms with Crippen LogP contribution in [0.4, 0.5) is 10.1 Å². The number of fused-ring (bicyclic) bond motifs is 5. The summed E-state index contributed by atoms with van der Waals surface area (Å²) in [5.41, 5.74) is -0.242. The molecule has 1 saturated heterocycles. The summed E-state index contributed by atoms with van der Waals surface area (Å²) in [6, 6.07) is -1.42. The van der Waals surface area contributed by atoms with Crippen LogP contribution < -0.4 is 37.5 Å². The molecule has 0 saturated carbocycles. The van der Waals surface area contributed by atoms with Gasteiger partial charge in [0.1, 0.15) is 36.6 Å². The molecule has 26 nitrogen and oxygen atoms in total. The maximum absolute atomic E-state index is 15.7. The minimum Gasteiger partial charge on any atom is -0.458 e. The number of aliphatic hydroxyl groups is 1. The molecule has 10 amide bonds. The molecule has 7 N–H and O–H groups in total. The molecule has 5 atom stereocenters. The molecule has 0 unspecified atom stereocenters. The van der Waals surface area contributed by atoms with E-state index in [0.29, 0.717) is 39.4 Å². The van der Waals surface area contributed by atoms with Crippen molar-refractivity contribution in [2.24, 2.45) is 0 Å². The fourth-order valence-corrected chi connectivity index (χ4v) is 9.04. The van der Waals surface area contributed by atoms with E-state index >= 15 is 4.39 Å². The number of amides is 10. The summed E-state index contributed by atoms with van der Waals surface area (Å²) in [6.07, 6.45) is 0.868. The summed E-state index contributed by atoms with van der Waals surface area (Å²) >= 11 is 0. The number of carbonyl (C=O) groups is 12. The van der Waals surface area contributed by atoms with Crippen molar-refractivity contribution in [2.45, 2.75) is 129 Å². The number of halogens is 1. The van der Waals surface area contributed by atoms with Crippen molar-refractivity contribution in [3.8, 4) is 11.4 Å². The molecule has 2 aromatic heterocycles. The molecule has 408 valence electrons. The summed E-state index contributed by atoms with van der Waals surface area (Å²) < 4.78 is 22.3. The number of rotatable bonds is 21. The lowest BCUT2D eigenvalue weighted by Gasteiger charge is -2.31. The number of esters is 1. The lowest BCUT2D eigenvalue weighted by Crippen LogP contribution is -2.56. The fourth-order valence-electron chi connectivity index (χ4n) is 9.04. The van der Waals surface area contributed by atoms with Gasteiger partial charge in [0.15, 0.2) is 5.60 Å². The number of aromatic nitrogens is 2. The van der Waals surface area contributed by atoms with Crippen molar-refractivity contribution < 1.29 is 76.6 Å². The third-order valence-corrected chi connectivity index (χ3v) is 13.4. The summed E-state index contributed by atoms with van der Waals surface area (Å²) in [5.74, 6) is -10.6. The van der Waals surface area contributed by atoms with Crippen LogP contribution in [0, 0.1) is 5.82 Å². The van der Waals surface area contributed by atoms with Gasteiger partial charge in [-0.15, -0.1) is 5.06 Å². The van der Waals surface area contributed by atoms with E-state index in [1.165, 1.54) is 31.4 Å². The van der Waals surface area contributed by atoms with Crippen molar-refractivity contribution in [3.05, 3.63) is 68.8 Å². The standard InChI is InChI=1S/C50H55FN10O16/c1-6-26-27-17-34(31(51)19-33(27)58-43-28(26)21-60-35(43)18-30-29(48(60)73)22-76-49(74)50(30,75)7-2)57-37(63)20-52-44(69)23(3)53-45(70)24(4)54-46(71)25(5)55-47(72)32(10-15-42(68)77-61-40(66)13-14-41(61)67)56-36(62)9-8-16-59-38(64)11-12-39(59)65/h11-12,17-19,23-25,32,75H,6-10,13-16,20-22H2,1-5H3,(H,52,69)(H,53,70)(H,54,71)(H,55,72)(H,56,62)(H,57,63)/t23-,24-,25-,32-,50-/m0/s1. The minimum atomic E-state index is -2.04. The van der Waals surface area contributed by atoms with Crippen LogP contribution in [-0.4, -0.2) is 133 Å². The van der Waals surface area contributed by atoms with Gasteiger partial charge in [-0.1, -0.05) is 13.8 Å². The van der Waals surface area contributed by atoms with E-state index < -0.39 is 132 Å². The summed E-state index contributed by atoms with van der Waals surface area (Å²) in [4.78, 5) is 175. The number of imide groups is 2. The first-order valence-electron chi connectivity index (χ1n) is 24.7. The smallest absolute Gasteiger partial charge is 0.343 e.